The predicted octanol–water partition coefficient (Wildman–Crippen LogP) is 4.04. The van der Waals surface area contributed by atoms with Gasteiger partial charge in [-0.1, -0.05) is 33.6 Å². The van der Waals surface area contributed by atoms with Gasteiger partial charge in [-0.3, -0.25) is 4.90 Å². The molecule has 2 N–H and O–H groups in total. The Balaban J connectivity index is 2.15. The van der Waals surface area contributed by atoms with Gasteiger partial charge in [-0.15, -0.1) is 0 Å². The smallest absolute Gasteiger partial charge is 0.0362 e. The van der Waals surface area contributed by atoms with Crippen molar-refractivity contribution in [2.24, 2.45) is 23.5 Å². The Morgan fingerprint density at radius 3 is 2.30 bits per heavy atom. The predicted molar refractivity (Wildman–Crippen MR) is 87.8 cm³/mol. The zero-order valence-electron chi connectivity index (χ0n) is 14.2. The van der Waals surface area contributed by atoms with E-state index in [-0.39, 0.29) is 5.54 Å². The van der Waals surface area contributed by atoms with E-state index in [0.717, 1.165) is 30.3 Å². The van der Waals surface area contributed by atoms with Gasteiger partial charge in [0.1, 0.15) is 0 Å². The average Bonchev–Trinajstić information content (AvgIpc) is 2.47. The van der Waals surface area contributed by atoms with Gasteiger partial charge in [-0.05, 0) is 63.3 Å². The molecule has 0 bridgehead atoms. The molecule has 2 rings (SSSR count). The number of nitrogens with two attached hydrogens (primary N) is 1. The molecule has 118 valence electrons. The molecule has 2 fully saturated rings. The molecule has 0 heterocycles. The summed E-state index contributed by atoms with van der Waals surface area (Å²) in [4.78, 5) is 2.74. The summed E-state index contributed by atoms with van der Waals surface area (Å²) < 4.78 is 0. The standard InChI is InChI=1S/C18H36N2/c1-14(2)17-7-5-6-12-18(17,13-19)20(4)16-10-8-15(3)9-11-16/h14-17H,5-13,19H2,1-4H3. The maximum absolute atomic E-state index is 6.36. The van der Waals surface area contributed by atoms with Crippen LogP contribution in [-0.4, -0.2) is 30.1 Å². The lowest BCUT2D eigenvalue weighted by Crippen LogP contribution is -2.62. The van der Waals surface area contributed by atoms with E-state index >= 15 is 0 Å². The summed E-state index contributed by atoms with van der Waals surface area (Å²) in [6.07, 6.45) is 11.0. The first-order valence-corrected chi connectivity index (χ1v) is 8.94. The minimum absolute atomic E-state index is 0.275. The largest absolute Gasteiger partial charge is 0.329 e. The van der Waals surface area contributed by atoms with Gasteiger partial charge in [-0.25, -0.2) is 0 Å². The third kappa shape index (κ3) is 3.06. The van der Waals surface area contributed by atoms with Crippen molar-refractivity contribution in [1.82, 2.24) is 4.90 Å². The number of hydrogen-bond acceptors (Lipinski definition) is 2. The van der Waals surface area contributed by atoms with Crippen LogP contribution in [0.2, 0.25) is 0 Å². The maximum atomic E-state index is 6.36. The maximum Gasteiger partial charge on any atom is 0.0362 e. The zero-order chi connectivity index (χ0) is 14.8. The molecule has 2 aliphatic rings. The minimum Gasteiger partial charge on any atom is -0.329 e. The van der Waals surface area contributed by atoms with Crippen molar-refractivity contribution < 1.29 is 0 Å². The molecular formula is C18H36N2. The highest BCUT2D eigenvalue weighted by Gasteiger charge is 2.46. The van der Waals surface area contributed by atoms with E-state index in [2.05, 4.69) is 32.7 Å². The summed E-state index contributed by atoms with van der Waals surface area (Å²) in [5, 5.41) is 0. The second kappa shape index (κ2) is 6.79. The summed E-state index contributed by atoms with van der Waals surface area (Å²) in [7, 11) is 2.38. The molecule has 2 nitrogen and oxygen atoms in total. The van der Waals surface area contributed by atoms with Crippen LogP contribution >= 0.6 is 0 Å². The van der Waals surface area contributed by atoms with Crippen LogP contribution in [0.1, 0.15) is 72.1 Å². The molecule has 2 heteroatoms. The van der Waals surface area contributed by atoms with Crippen LogP contribution in [0.3, 0.4) is 0 Å². The molecule has 0 aromatic carbocycles. The van der Waals surface area contributed by atoms with E-state index in [1.165, 1.54) is 51.4 Å². The van der Waals surface area contributed by atoms with Crippen LogP contribution in [0.5, 0.6) is 0 Å². The summed E-state index contributed by atoms with van der Waals surface area (Å²) in [6, 6.07) is 0.772. The molecule has 0 amide bonds. The number of hydrogen-bond donors (Lipinski definition) is 1. The molecule has 0 radical (unpaired) electrons. The van der Waals surface area contributed by atoms with Crippen LogP contribution in [0, 0.1) is 17.8 Å². The Morgan fingerprint density at radius 1 is 1.10 bits per heavy atom. The molecule has 0 aromatic rings. The Morgan fingerprint density at radius 2 is 1.75 bits per heavy atom. The highest BCUT2D eigenvalue weighted by atomic mass is 15.2. The number of nitrogens with zero attached hydrogens (tertiary/aromatic N) is 1. The lowest BCUT2D eigenvalue weighted by Gasteiger charge is -2.54. The molecule has 20 heavy (non-hydrogen) atoms. The summed E-state index contributed by atoms with van der Waals surface area (Å²) in [5.41, 5.74) is 6.64. The molecule has 2 unspecified atom stereocenters. The molecule has 2 aliphatic carbocycles. The number of rotatable bonds is 4. The van der Waals surface area contributed by atoms with Gasteiger partial charge in [0.05, 0.1) is 0 Å². The highest BCUT2D eigenvalue weighted by molar-refractivity contribution is 5.02. The van der Waals surface area contributed by atoms with Crippen LogP contribution in [0.4, 0.5) is 0 Å². The summed E-state index contributed by atoms with van der Waals surface area (Å²) in [5.74, 6) is 2.47. The molecule has 2 atom stereocenters. The first-order chi connectivity index (χ1) is 9.51. The van der Waals surface area contributed by atoms with Gasteiger partial charge in [0, 0.05) is 18.1 Å². The van der Waals surface area contributed by atoms with Crippen LogP contribution in [-0.2, 0) is 0 Å². The fourth-order valence-electron chi connectivity index (χ4n) is 5.03. The molecule has 0 aromatic heterocycles. The van der Waals surface area contributed by atoms with E-state index < -0.39 is 0 Å². The van der Waals surface area contributed by atoms with Gasteiger partial charge >= 0.3 is 0 Å². The van der Waals surface area contributed by atoms with Crippen molar-refractivity contribution in [3.05, 3.63) is 0 Å². The van der Waals surface area contributed by atoms with Crippen molar-refractivity contribution in [1.29, 1.82) is 0 Å². The first-order valence-electron chi connectivity index (χ1n) is 8.94. The van der Waals surface area contributed by atoms with Gasteiger partial charge in [-0.2, -0.15) is 0 Å². The quantitative estimate of drug-likeness (QED) is 0.842. The fraction of sp³-hybridized carbons (Fsp3) is 1.00. The molecule has 0 spiro atoms. The minimum atomic E-state index is 0.275. The Labute approximate surface area is 126 Å². The summed E-state index contributed by atoms with van der Waals surface area (Å²) >= 11 is 0. The Kier molecular flexibility index (Phi) is 5.53. The van der Waals surface area contributed by atoms with Crippen molar-refractivity contribution in [3.63, 3.8) is 0 Å². The van der Waals surface area contributed by atoms with Crippen LogP contribution < -0.4 is 5.73 Å². The van der Waals surface area contributed by atoms with Crippen LogP contribution in [0.25, 0.3) is 0 Å². The van der Waals surface area contributed by atoms with Gasteiger partial charge in [0.25, 0.3) is 0 Å². The molecule has 2 saturated carbocycles. The van der Waals surface area contributed by atoms with E-state index in [1.54, 1.807) is 0 Å². The Bertz CT molecular complexity index is 294. The van der Waals surface area contributed by atoms with Gasteiger partial charge in [0.2, 0.25) is 0 Å². The second-order valence-corrected chi connectivity index (χ2v) is 7.93. The van der Waals surface area contributed by atoms with E-state index in [0.29, 0.717) is 0 Å². The van der Waals surface area contributed by atoms with E-state index in [9.17, 15) is 0 Å². The van der Waals surface area contributed by atoms with Crippen molar-refractivity contribution >= 4 is 0 Å². The molecular weight excluding hydrogens is 244 g/mol. The van der Waals surface area contributed by atoms with E-state index in [4.69, 9.17) is 5.73 Å². The summed E-state index contributed by atoms with van der Waals surface area (Å²) in [6.45, 7) is 8.05. The highest BCUT2D eigenvalue weighted by Crippen LogP contribution is 2.44. The third-order valence-electron chi connectivity index (χ3n) is 6.46. The Hall–Kier alpha value is -0.0800. The molecule has 0 aliphatic heterocycles. The van der Waals surface area contributed by atoms with Crippen molar-refractivity contribution in [2.75, 3.05) is 13.6 Å². The fourth-order valence-corrected chi connectivity index (χ4v) is 5.03. The van der Waals surface area contributed by atoms with Crippen LogP contribution in [0.15, 0.2) is 0 Å². The number of likely N-dealkylation sites (N-methyl/N-ethyl adjacent to an activating group) is 1. The lowest BCUT2D eigenvalue weighted by atomic mass is 9.66. The first kappa shape index (κ1) is 16.3. The lowest BCUT2D eigenvalue weighted by molar-refractivity contribution is -0.0342. The monoisotopic (exact) mass is 280 g/mol. The second-order valence-electron chi connectivity index (χ2n) is 7.93. The van der Waals surface area contributed by atoms with Gasteiger partial charge in [0.15, 0.2) is 0 Å². The SMILES string of the molecule is CC1CCC(N(C)C2(CN)CCCCC2C(C)C)CC1. The average molecular weight is 280 g/mol. The normalized spacial score (nSPS) is 39.5. The molecule has 0 saturated heterocycles. The van der Waals surface area contributed by atoms with Crippen molar-refractivity contribution in [3.8, 4) is 0 Å². The zero-order valence-corrected chi connectivity index (χ0v) is 14.2. The third-order valence-corrected chi connectivity index (χ3v) is 6.46. The van der Waals surface area contributed by atoms with Gasteiger partial charge < -0.3 is 5.73 Å². The van der Waals surface area contributed by atoms with Crippen molar-refractivity contribution in [2.45, 2.75) is 83.7 Å². The topological polar surface area (TPSA) is 29.3 Å². The van der Waals surface area contributed by atoms with E-state index in [1.807, 2.05) is 0 Å².